The molecule has 1 fully saturated rings. The number of ether oxygens (including phenoxy) is 1. The molecule has 0 bridgehead atoms. The maximum atomic E-state index is 12.9. The van der Waals surface area contributed by atoms with Crippen molar-refractivity contribution in [3.05, 3.63) is 41.5 Å². The topological polar surface area (TPSA) is 84.0 Å². The molecule has 2 rings (SSSR count). The molecule has 1 aromatic carbocycles. The molecule has 0 aliphatic carbocycles. The van der Waals surface area contributed by atoms with Crippen molar-refractivity contribution >= 4 is 21.9 Å². The van der Waals surface area contributed by atoms with E-state index in [0.29, 0.717) is 25.9 Å². The molecule has 0 saturated carbocycles. The molecule has 1 aliphatic heterocycles. The molecule has 1 aliphatic rings. The molecule has 166 valence electrons. The summed E-state index contributed by atoms with van der Waals surface area (Å²) in [4.78, 5) is 26.4. The molecule has 8 heteroatoms. The lowest BCUT2D eigenvalue weighted by atomic mass is 9.98. The van der Waals surface area contributed by atoms with Crippen LogP contribution in [0.1, 0.15) is 37.8 Å². The van der Waals surface area contributed by atoms with E-state index in [0.717, 1.165) is 16.7 Å². The highest BCUT2D eigenvalue weighted by Crippen LogP contribution is 2.25. The summed E-state index contributed by atoms with van der Waals surface area (Å²) < 4.78 is 32.4. The monoisotopic (exact) mass is 436 g/mol. The Morgan fingerprint density at radius 1 is 1.20 bits per heavy atom. The van der Waals surface area contributed by atoms with Gasteiger partial charge in [-0.2, -0.15) is 4.31 Å². The second-order valence-corrected chi connectivity index (χ2v) is 9.84. The number of rotatable bonds is 8. The number of carbonyl (C=O) groups excluding carboxylic acids is 2. The molecule has 7 nitrogen and oxygen atoms in total. The molecule has 1 saturated heterocycles. The number of benzene rings is 1. The van der Waals surface area contributed by atoms with Crippen LogP contribution in [0, 0.1) is 19.8 Å². The minimum atomic E-state index is -3.59. The van der Waals surface area contributed by atoms with E-state index in [2.05, 4.69) is 6.58 Å². The lowest BCUT2D eigenvalue weighted by Gasteiger charge is -2.30. The summed E-state index contributed by atoms with van der Waals surface area (Å²) in [5.41, 5.74) is 2.82. The molecular formula is C22H32N2O5S. The third-order valence-electron chi connectivity index (χ3n) is 5.44. The quantitative estimate of drug-likeness (QED) is 0.462. The maximum absolute atomic E-state index is 12.9. The average Bonchev–Trinajstić information content (AvgIpc) is 2.71. The number of carbonyl (C=O) groups is 2. The Bertz CT molecular complexity index is 902. The van der Waals surface area contributed by atoms with E-state index in [9.17, 15) is 18.0 Å². The molecule has 0 radical (unpaired) electrons. The van der Waals surface area contributed by atoms with E-state index < -0.39 is 21.9 Å². The molecule has 0 N–H and O–H groups in total. The van der Waals surface area contributed by atoms with Crippen LogP contribution >= 0.6 is 0 Å². The molecule has 0 unspecified atom stereocenters. The zero-order chi connectivity index (χ0) is 22.5. The van der Waals surface area contributed by atoms with Crippen molar-refractivity contribution in [3.63, 3.8) is 0 Å². The van der Waals surface area contributed by atoms with Crippen LogP contribution in [-0.2, 0) is 24.3 Å². The van der Waals surface area contributed by atoms with Gasteiger partial charge in [-0.3, -0.25) is 9.59 Å². The van der Waals surface area contributed by atoms with Crippen LogP contribution < -0.4 is 0 Å². The van der Waals surface area contributed by atoms with Gasteiger partial charge in [0.05, 0.1) is 10.8 Å². The zero-order valence-corrected chi connectivity index (χ0v) is 19.1. The number of likely N-dealkylation sites (N-methyl/N-ethyl adjacent to an activating group) is 1. The van der Waals surface area contributed by atoms with Gasteiger partial charge in [0.15, 0.2) is 6.61 Å². The highest BCUT2D eigenvalue weighted by molar-refractivity contribution is 7.89. The van der Waals surface area contributed by atoms with Crippen molar-refractivity contribution in [1.82, 2.24) is 9.21 Å². The highest BCUT2D eigenvalue weighted by Gasteiger charge is 2.33. The van der Waals surface area contributed by atoms with Crippen molar-refractivity contribution in [3.8, 4) is 0 Å². The van der Waals surface area contributed by atoms with Gasteiger partial charge in [-0.15, -0.1) is 0 Å². The van der Waals surface area contributed by atoms with Crippen LogP contribution in [0.4, 0.5) is 0 Å². The first kappa shape index (κ1) is 24.1. The number of esters is 1. The van der Waals surface area contributed by atoms with Crippen LogP contribution in [0.25, 0.3) is 0 Å². The SMILES string of the molecule is C=C(C)CN(CC)C(=O)COC(=O)C1CCN(S(=O)(=O)c2ccc(C)c(C)c2)CC1. The number of sulfonamides is 1. The van der Waals surface area contributed by atoms with Crippen molar-refractivity contribution in [2.45, 2.75) is 45.4 Å². The molecule has 1 amide bonds. The van der Waals surface area contributed by atoms with Crippen molar-refractivity contribution in [2.24, 2.45) is 5.92 Å². The molecule has 0 aromatic heterocycles. The third kappa shape index (κ3) is 5.92. The van der Waals surface area contributed by atoms with Crippen LogP contribution in [0.2, 0.25) is 0 Å². The van der Waals surface area contributed by atoms with E-state index in [1.54, 1.807) is 23.1 Å². The smallest absolute Gasteiger partial charge is 0.309 e. The van der Waals surface area contributed by atoms with Crippen LogP contribution in [0.15, 0.2) is 35.2 Å². The summed E-state index contributed by atoms with van der Waals surface area (Å²) in [6.45, 7) is 12.4. The largest absolute Gasteiger partial charge is 0.455 e. The fourth-order valence-electron chi connectivity index (χ4n) is 3.40. The Morgan fingerprint density at radius 3 is 2.37 bits per heavy atom. The lowest BCUT2D eigenvalue weighted by Crippen LogP contribution is -2.41. The number of amides is 1. The predicted octanol–water partition coefficient (Wildman–Crippen LogP) is 2.67. The average molecular weight is 437 g/mol. The Labute approximate surface area is 179 Å². The van der Waals surface area contributed by atoms with Gasteiger partial charge in [-0.1, -0.05) is 18.2 Å². The Balaban J connectivity index is 1.90. The second-order valence-electron chi connectivity index (χ2n) is 7.90. The summed E-state index contributed by atoms with van der Waals surface area (Å²) >= 11 is 0. The van der Waals surface area contributed by atoms with Crippen LogP contribution in [-0.4, -0.2) is 62.3 Å². The summed E-state index contributed by atoms with van der Waals surface area (Å²) in [5, 5.41) is 0. The highest BCUT2D eigenvalue weighted by atomic mass is 32.2. The maximum Gasteiger partial charge on any atom is 0.309 e. The molecule has 0 spiro atoms. The van der Waals surface area contributed by atoms with E-state index in [-0.39, 0.29) is 30.5 Å². The number of hydrogen-bond acceptors (Lipinski definition) is 5. The Hall–Kier alpha value is -2.19. The van der Waals surface area contributed by atoms with Gasteiger partial charge >= 0.3 is 5.97 Å². The fourth-order valence-corrected chi connectivity index (χ4v) is 4.95. The van der Waals surface area contributed by atoms with Crippen molar-refractivity contribution in [2.75, 3.05) is 32.8 Å². The van der Waals surface area contributed by atoms with Gasteiger partial charge in [0.2, 0.25) is 10.0 Å². The minimum Gasteiger partial charge on any atom is -0.455 e. The number of aryl methyl sites for hydroxylation is 2. The molecule has 30 heavy (non-hydrogen) atoms. The molecule has 1 heterocycles. The minimum absolute atomic E-state index is 0.250. The van der Waals surface area contributed by atoms with E-state index in [1.165, 1.54) is 4.31 Å². The number of nitrogens with zero attached hydrogens (tertiary/aromatic N) is 2. The molecule has 0 atom stereocenters. The van der Waals surface area contributed by atoms with Gasteiger partial charge in [-0.05, 0) is 63.8 Å². The van der Waals surface area contributed by atoms with Gasteiger partial charge in [0, 0.05) is 26.2 Å². The molecule has 1 aromatic rings. The first-order valence-electron chi connectivity index (χ1n) is 10.2. The summed E-state index contributed by atoms with van der Waals surface area (Å²) in [5.74, 6) is -1.11. The summed E-state index contributed by atoms with van der Waals surface area (Å²) in [6.07, 6.45) is 0.751. The molecular weight excluding hydrogens is 404 g/mol. The first-order valence-corrected chi connectivity index (χ1v) is 11.7. The number of hydrogen-bond donors (Lipinski definition) is 0. The van der Waals surface area contributed by atoms with Crippen LogP contribution in [0.5, 0.6) is 0 Å². The van der Waals surface area contributed by atoms with Gasteiger partial charge < -0.3 is 9.64 Å². The second kappa shape index (κ2) is 10.2. The van der Waals surface area contributed by atoms with Gasteiger partial charge in [0.1, 0.15) is 0 Å². The van der Waals surface area contributed by atoms with E-state index >= 15 is 0 Å². The standard InChI is InChI=1S/C22H32N2O5S/c1-6-23(14-16(2)3)21(25)15-29-22(26)19-9-11-24(12-10-19)30(27,28)20-8-7-17(4)18(5)13-20/h7-8,13,19H,2,6,9-12,14-15H2,1,3-5H3. The number of piperidine rings is 1. The van der Waals surface area contributed by atoms with Crippen molar-refractivity contribution < 1.29 is 22.7 Å². The Kier molecular flexibility index (Phi) is 8.20. The van der Waals surface area contributed by atoms with E-state index in [1.807, 2.05) is 27.7 Å². The summed E-state index contributed by atoms with van der Waals surface area (Å²) in [6, 6.07) is 5.10. The summed E-state index contributed by atoms with van der Waals surface area (Å²) in [7, 11) is -3.59. The van der Waals surface area contributed by atoms with E-state index in [4.69, 9.17) is 4.74 Å². The Morgan fingerprint density at radius 2 is 1.83 bits per heavy atom. The zero-order valence-electron chi connectivity index (χ0n) is 18.3. The lowest BCUT2D eigenvalue weighted by molar-refractivity contribution is -0.156. The predicted molar refractivity (Wildman–Crippen MR) is 115 cm³/mol. The fraction of sp³-hybridized carbons (Fsp3) is 0.545. The normalized spacial score (nSPS) is 15.6. The first-order chi connectivity index (χ1) is 14.1. The third-order valence-corrected chi connectivity index (χ3v) is 7.33. The van der Waals surface area contributed by atoms with Crippen molar-refractivity contribution in [1.29, 1.82) is 0 Å². The van der Waals surface area contributed by atoms with Gasteiger partial charge in [-0.25, -0.2) is 8.42 Å². The van der Waals surface area contributed by atoms with Gasteiger partial charge in [0.25, 0.3) is 5.91 Å². The van der Waals surface area contributed by atoms with Crippen LogP contribution in [0.3, 0.4) is 0 Å².